The number of thiazole rings is 1. The molecule has 0 aliphatic heterocycles. The van der Waals surface area contributed by atoms with Crippen LogP contribution < -0.4 is 10.1 Å². The highest BCUT2D eigenvalue weighted by atomic mass is 35.5. The molecule has 1 amide bonds. The van der Waals surface area contributed by atoms with E-state index in [-0.39, 0.29) is 47.4 Å². The van der Waals surface area contributed by atoms with Crippen molar-refractivity contribution in [2.45, 2.75) is 44.6 Å². The van der Waals surface area contributed by atoms with Crippen LogP contribution in [0.5, 0.6) is 5.75 Å². The van der Waals surface area contributed by atoms with Crippen molar-refractivity contribution < 1.29 is 28.2 Å². The third-order valence-corrected chi connectivity index (χ3v) is 9.01. The highest BCUT2D eigenvalue weighted by Gasteiger charge is 2.25. The number of fused-ring (bicyclic) bond motifs is 1. The molecule has 234 valence electrons. The minimum Gasteiger partial charge on any atom is -0.493 e. The third kappa shape index (κ3) is 6.69. The minimum atomic E-state index is -1.04. The maximum Gasteiger partial charge on any atom is 0.335 e. The van der Waals surface area contributed by atoms with Gasteiger partial charge in [-0.25, -0.2) is 23.5 Å². The molecule has 2 aromatic heterocycles. The van der Waals surface area contributed by atoms with E-state index in [4.69, 9.17) is 9.72 Å². The van der Waals surface area contributed by atoms with Gasteiger partial charge in [0.15, 0.2) is 5.01 Å². The molecule has 1 saturated carbocycles. The Morgan fingerprint density at radius 1 is 1.02 bits per heavy atom. The van der Waals surface area contributed by atoms with Crippen molar-refractivity contribution in [3.8, 4) is 28.4 Å². The van der Waals surface area contributed by atoms with Gasteiger partial charge in [0, 0.05) is 36.0 Å². The number of carboxylic acids is 1. The average Bonchev–Trinajstić information content (AvgIpc) is 3.63. The second-order valence-electron chi connectivity index (χ2n) is 10.7. The second kappa shape index (κ2) is 13.7. The molecule has 1 aliphatic rings. The zero-order valence-corrected chi connectivity index (χ0v) is 26.0. The number of hydrogen-bond donors (Lipinski definition) is 2. The highest BCUT2D eigenvalue weighted by Crippen LogP contribution is 2.37. The lowest BCUT2D eigenvalue weighted by molar-refractivity contribution is 0.0696. The largest absolute Gasteiger partial charge is 0.493 e. The van der Waals surface area contributed by atoms with E-state index >= 15 is 4.39 Å². The molecule has 12 heteroatoms. The lowest BCUT2D eigenvalue weighted by atomic mass is 9.94. The number of carbonyl (C=O) groups excluding carboxylic acids is 1. The first-order chi connectivity index (χ1) is 21.3. The topological polar surface area (TPSA) is 106 Å². The van der Waals surface area contributed by atoms with Crippen molar-refractivity contribution in [2.24, 2.45) is 0 Å². The molecule has 2 heterocycles. The summed E-state index contributed by atoms with van der Waals surface area (Å²) in [6.45, 7) is 0.195. The molecule has 0 radical (unpaired) electrons. The van der Waals surface area contributed by atoms with Crippen molar-refractivity contribution in [1.29, 1.82) is 0 Å². The smallest absolute Gasteiger partial charge is 0.335 e. The Hall–Kier alpha value is -4.35. The standard InChI is InChI=1S/C33H30F2N4O4S.ClH/c1-36-31(40)32-38-29(19-7-10-21(34)11-8-19)28(44-32)15-16-43-23-12-13-24(25(35)18-23)30-37-26-17-20(33(41)42)9-14-27(26)39(30)22-5-3-2-4-6-22;/h7-14,17-18,22H,2-6,15-16H2,1H3,(H,36,40)(H,41,42);1H. The monoisotopic (exact) mass is 652 g/mol. The van der Waals surface area contributed by atoms with Gasteiger partial charge in [0.1, 0.15) is 23.2 Å². The Morgan fingerprint density at radius 2 is 1.78 bits per heavy atom. The van der Waals surface area contributed by atoms with Gasteiger partial charge in [-0.3, -0.25) is 4.79 Å². The van der Waals surface area contributed by atoms with Crippen LogP contribution in [-0.2, 0) is 6.42 Å². The van der Waals surface area contributed by atoms with Gasteiger partial charge in [-0.15, -0.1) is 23.7 Å². The van der Waals surface area contributed by atoms with Crippen LogP contribution in [0.2, 0.25) is 0 Å². The van der Waals surface area contributed by atoms with Crippen LogP contribution in [-0.4, -0.2) is 45.2 Å². The molecule has 1 aliphatic carbocycles. The molecule has 0 unspecified atom stereocenters. The number of carboxylic acid groups (broad SMARTS) is 1. The molecule has 1 fully saturated rings. The van der Waals surface area contributed by atoms with Crippen molar-refractivity contribution in [3.05, 3.63) is 87.7 Å². The Labute approximate surface area is 268 Å². The van der Waals surface area contributed by atoms with E-state index in [1.54, 1.807) is 36.4 Å². The molecule has 0 bridgehead atoms. The average molecular weight is 653 g/mol. The molecule has 0 spiro atoms. The summed E-state index contributed by atoms with van der Waals surface area (Å²) in [5, 5.41) is 12.3. The van der Waals surface area contributed by atoms with Gasteiger partial charge in [0.05, 0.1) is 34.5 Å². The van der Waals surface area contributed by atoms with E-state index in [1.807, 2.05) is 0 Å². The summed E-state index contributed by atoms with van der Waals surface area (Å²) < 4.78 is 37.2. The first kappa shape index (κ1) is 32.1. The number of rotatable bonds is 9. The Bertz CT molecular complexity index is 1850. The number of benzene rings is 3. The van der Waals surface area contributed by atoms with E-state index in [9.17, 15) is 19.1 Å². The van der Waals surface area contributed by atoms with Crippen LogP contribution in [0.25, 0.3) is 33.7 Å². The zero-order chi connectivity index (χ0) is 30.8. The van der Waals surface area contributed by atoms with Crippen LogP contribution in [0.15, 0.2) is 60.7 Å². The van der Waals surface area contributed by atoms with Gasteiger partial charge in [-0.1, -0.05) is 19.3 Å². The van der Waals surface area contributed by atoms with Gasteiger partial charge in [-0.2, -0.15) is 0 Å². The van der Waals surface area contributed by atoms with Gasteiger partial charge < -0.3 is 19.7 Å². The van der Waals surface area contributed by atoms with Gasteiger partial charge in [0.2, 0.25) is 0 Å². The molecular formula is C33H31ClF2N4O4S. The molecule has 0 saturated heterocycles. The van der Waals surface area contributed by atoms with Crippen molar-refractivity contribution >= 4 is 46.7 Å². The van der Waals surface area contributed by atoms with Crippen LogP contribution in [0.1, 0.15) is 63.2 Å². The summed E-state index contributed by atoms with van der Waals surface area (Å²) in [7, 11) is 1.53. The molecule has 3 aromatic carbocycles. The number of nitrogens with one attached hydrogen (secondary N) is 1. The number of nitrogens with zero attached hydrogens (tertiary/aromatic N) is 3. The second-order valence-corrected chi connectivity index (χ2v) is 11.8. The van der Waals surface area contributed by atoms with Crippen molar-refractivity contribution in [2.75, 3.05) is 13.7 Å². The summed E-state index contributed by atoms with van der Waals surface area (Å²) in [6, 6.07) is 15.6. The molecule has 2 N–H and O–H groups in total. The van der Waals surface area contributed by atoms with Gasteiger partial charge >= 0.3 is 5.97 Å². The molecule has 5 aromatic rings. The van der Waals surface area contributed by atoms with E-state index in [2.05, 4.69) is 14.9 Å². The van der Waals surface area contributed by atoms with E-state index in [0.717, 1.165) is 42.5 Å². The number of hydrogen-bond acceptors (Lipinski definition) is 6. The normalized spacial score (nSPS) is 13.4. The number of ether oxygens (including phenoxy) is 1. The number of halogens is 3. The predicted molar refractivity (Wildman–Crippen MR) is 172 cm³/mol. The highest BCUT2D eigenvalue weighted by molar-refractivity contribution is 7.14. The summed E-state index contributed by atoms with van der Waals surface area (Å²) in [6.07, 6.45) is 5.58. The Balaban J connectivity index is 0.00000400. The minimum absolute atomic E-state index is 0. The van der Waals surface area contributed by atoms with Crippen LogP contribution in [0.3, 0.4) is 0 Å². The van der Waals surface area contributed by atoms with E-state index < -0.39 is 11.8 Å². The number of carbonyl (C=O) groups is 2. The number of imidazole rings is 1. The summed E-state index contributed by atoms with van der Waals surface area (Å²) in [5.74, 6) is -1.43. The predicted octanol–water partition coefficient (Wildman–Crippen LogP) is 7.71. The fourth-order valence-electron chi connectivity index (χ4n) is 5.72. The molecule has 0 atom stereocenters. The quantitative estimate of drug-likeness (QED) is 0.169. The number of aromatic carboxylic acids is 1. The van der Waals surface area contributed by atoms with Crippen LogP contribution in [0.4, 0.5) is 8.78 Å². The van der Waals surface area contributed by atoms with Gasteiger partial charge in [-0.05, 0) is 67.4 Å². The first-order valence-corrected chi connectivity index (χ1v) is 15.3. The lowest BCUT2D eigenvalue weighted by Crippen LogP contribution is -2.17. The SMILES string of the molecule is CNC(=O)c1nc(-c2ccc(F)cc2)c(CCOc2ccc(-c3nc4cc(C(=O)O)ccc4n3C3CCCCC3)c(F)c2)s1.Cl. The van der Waals surface area contributed by atoms with E-state index in [1.165, 1.54) is 42.6 Å². The lowest BCUT2D eigenvalue weighted by Gasteiger charge is -2.25. The molecule has 45 heavy (non-hydrogen) atoms. The van der Waals surface area contributed by atoms with Crippen molar-refractivity contribution in [3.63, 3.8) is 0 Å². The van der Waals surface area contributed by atoms with Gasteiger partial charge in [0.25, 0.3) is 5.91 Å². The molecule has 6 rings (SSSR count). The Morgan fingerprint density at radius 3 is 2.47 bits per heavy atom. The number of amides is 1. The van der Waals surface area contributed by atoms with E-state index in [0.29, 0.717) is 40.3 Å². The number of aromatic nitrogens is 3. The summed E-state index contributed by atoms with van der Waals surface area (Å²) in [4.78, 5) is 33.8. The van der Waals surface area contributed by atoms with Crippen molar-refractivity contribution in [1.82, 2.24) is 19.9 Å². The van der Waals surface area contributed by atoms with Crippen LogP contribution in [0, 0.1) is 11.6 Å². The zero-order valence-electron chi connectivity index (χ0n) is 24.4. The Kier molecular flexibility index (Phi) is 9.79. The molecule has 8 nitrogen and oxygen atoms in total. The maximum atomic E-state index is 15.7. The molecular weight excluding hydrogens is 622 g/mol. The first-order valence-electron chi connectivity index (χ1n) is 14.5. The summed E-state index contributed by atoms with van der Waals surface area (Å²) >= 11 is 1.23. The maximum absolute atomic E-state index is 15.7. The third-order valence-electron chi connectivity index (χ3n) is 7.89. The fourth-order valence-corrected chi connectivity index (χ4v) is 6.73. The van der Waals surface area contributed by atoms with Crippen LogP contribution >= 0.6 is 23.7 Å². The fraction of sp³-hybridized carbons (Fsp3) is 0.273. The summed E-state index contributed by atoms with van der Waals surface area (Å²) in [5.41, 5.74) is 3.00.